The van der Waals surface area contributed by atoms with E-state index in [1.807, 2.05) is 0 Å². The summed E-state index contributed by atoms with van der Waals surface area (Å²) in [4.78, 5) is 37.3. The van der Waals surface area contributed by atoms with Gasteiger partial charge in [-0.15, -0.1) is 0 Å². The normalized spacial score (nSPS) is 15.7. The Balaban J connectivity index is 1.90. The lowest BCUT2D eigenvalue weighted by Crippen LogP contribution is -2.42. The van der Waals surface area contributed by atoms with E-state index in [1.54, 1.807) is 26.0 Å². The van der Waals surface area contributed by atoms with Crippen LogP contribution in [0.5, 0.6) is 0 Å². The highest BCUT2D eigenvalue weighted by molar-refractivity contribution is 7.92. The highest BCUT2D eigenvalue weighted by atomic mass is 35.5. The van der Waals surface area contributed by atoms with Crippen LogP contribution in [0.1, 0.15) is 26.7 Å². The number of hydrogen-bond acceptors (Lipinski definition) is 6. The smallest absolute Gasteiger partial charge is 0.407 e. The lowest BCUT2D eigenvalue weighted by atomic mass is 10.2. The molecular formula is C23H26ClN3O7S. The molecule has 0 aliphatic carbocycles. The van der Waals surface area contributed by atoms with Crippen molar-refractivity contribution in [2.24, 2.45) is 0 Å². The van der Waals surface area contributed by atoms with E-state index in [9.17, 15) is 27.9 Å². The standard InChI is InChI=1S/C23H26ClN3O7S/c1-15(2)34-21(28)14-27(18-8-3-6-16(24)12-18)35(32,33)19-9-4-7-17(13-19)25-22(29)20-10-5-11-26(20)23(30)31/h3-4,6-9,12-13,15,20H,5,10-11,14H2,1-2H3,(H,25,29)(H,30,31)/t20-/m1/s1. The van der Waals surface area contributed by atoms with Gasteiger partial charge in [0.2, 0.25) is 5.91 Å². The number of ether oxygens (including phenoxy) is 1. The largest absolute Gasteiger partial charge is 0.465 e. The maximum Gasteiger partial charge on any atom is 0.407 e. The minimum absolute atomic E-state index is 0.163. The zero-order chi connectivity index (χ0) is 25.8. The van der Waals surface area contributed by atoms with E-state index < -0.39 is 46.7 Å². The molecule has 0 spiro atoms. The number of sulfonamides is 1. The van der Waals surface area contributed by atoms with Crippen LogP contribution < -0.4 is 9.62 Å². The maximum absolute atomic E-state index is 13.6. The Hall–Kier alpha value is -3.31. The Kier molecular flexibility index (Phi) is 8.23. The Morgan fingerprint density at radius 2 is 1.91 bits per heavy atom. The lowest BCUT2D eigenvalue weighted by molar-refractivity contribution is -0.145. The zero-order valence-corrected chi connectivity index (χ0v) is 20.8. The fourth-order valence-corrected chi connectivity index (χ4v) is 5.35. The van der Waals surface area contributed by atoms with Crippen molar-refractivity contribution in [3.8, 4) is 0 Å². The number of hydrogen-bond donors (Lipinski definition) is 2. The average Bonchev–Trinajstić information content (AvgIpc) is 3.28. The molecule has 10 nitrogen and oxygen atoms in total. The highest BCUT2D eigenvalue weighted by Gasteiger charge is 2.34. The highest BCUT2D eigenvalue weighted by Crippen LogP contribution is 2.28. The molecule has 1 fully saturated rings. The summed E-state index contributed by atoms with van der Waals surface area (Å²) in [6.07, 6.45) is -0.702. The molecule has 0 bridgehead atoms. The van der Waals surface area contributed by atoms with Gasteiger partial charge >= 0.3 is 12.1 Å². The first-order valence-corrected chi connectivity index (χ1v) is 12.7. The summed E-state index contributed by atoms with van der Waals surface area (Å²) in [5.74, 6) is -1.30. The van der Waals surface area contributed by atoms with Crippen molar-refractivity contribution in [2.45, 2.75) is 43.7 Å². The van der Waals surface area contributed by atoms with Gasteiger partial charge in [0.25, 0.3) is 10.0 Å². The number of anilines is 2. The number of esters is 1. The SMILES string of the molecule is CC(C)OC(=O)CN(c1cccc(Cl)c1)S(=O)(=O)c1cccc(NC(=O)[C@H]2CCCN2C(=O)O)c1. The number of carbonyl (C=O) groups excluding carboxylic acids is 2. The fourth-order valence-electron chi connectivity index (χ4n) is 3.72. The molecule has 35 heavy (non-hydrogen) atoms. The van der Waals surface area contributed by atoms with Crippen LogP contribution in [0, 0.1) is 0 Å². The van der Waals surface area contributed by atoms with Crippen molar-refractivity contribution in [3.05, 3.63) is 53.6 Å². The summed E-state index contributed by atoms with van der Waals surface area (Å²) < 4.78 is 33.2. The van der Waals surface area contributed by atoms with E-state index in [0.29, 0.717) is 12.8 Å². The molecule has 0 saturated carbocycles. The number of likely N-dealkylation sites (tertiary alicyclic amines) is 1. The number of amides is 2. The first-order valence-electron chi connectivity index (χ1n) is 10.9. The molecule has 0 aromatic heterocycles. The van der Waals surface area contributed by atoms with Crippen molar-refractivity contribution < 1.29 is 32.6 Å². The van der Waals surface area contributed by atoms with Crippen LogP contribution in [0.3, 0.4) is 0 Å². The molecule has 2 N–H and O–H groups in total. The number of carboxylic acid groups (broad SMARTS) is 1. The maximum atomic E-state index is 13.6. The molecule has 12 heteroatoms. The van der Waals surface area contributed by atoms with Crippen LogP contribution in [0.15, 0.2) is 53.4 Å². The Morgan fingerprint density at radius 1 is 1.20 bits per heavy atom. The van der Waals surface area contributed by atoms with Crippen molar-refractivity contribution >= 4 is 51.0 Å². The van der Waals surface area contributed by atoms with E-state index in [2.05, 4.69) is 5.32 Å². The van der Waals surface area contributed by atoms with Crippen molar-refractivity contribution in [1.29, 1.82) is 0 Å². The topological polar surface area (TPSA) is 133 Å². The monoisotopic (exact) mass is 523 g/mol. The van der Waals surface area contributed by atoms with Gasteiger partial charge in [-0.3, -0.25) is 18.8 Å². The second kappa shape index (κ2) is 11.0. The van der Waals surface area contributed by atoms with Crippen LogP contribution in [-0.2, 0) is 24.3 Å². The number of rotatable bonds is 8. The number of benzene rings is 2. The molecular weight excluding hydrogens is 498 g/mol. The average molecular weight is 524 g/mol. The molecule has 1 saturated heterocycles. The predicted octanol–water partition coefficient (Wildman–Crippen LogP) is 3.57. The van der Waals surface area contributed by atoms with Gasteiger partial charge < -0.3 is 15.2 Å². The van der Waals surface area contributed by atoms with Crippen molar-refractivity contribution in [2.75, 3.05) is 22.7 Å². The van der Waals surface area contributed by atoms with Gasteiger partial charge in [-0.1, -0.05) is 23.7 Å². The minimum Gasteiger partial charge on any atom is -0.465 e. The molecule has 1 aliphatic rings. The van der Waals surface area contributed by atoms with Crippen LogP contribution in [0.4, 0.5) is 16.2 Å². The summed E-state index contributed by atoms with van der Waals surface area (Å²) in [5, 5.41) is 12.2. The molecule has 0 radical (unpaired) electrons. The van der Waals surface area contributed by atoms with Crippen molar-refractivity contribution in [1.82, 2.24) is 4.90 Å². The molecule has 188 valence electrons. The first kappa shape index (κ1) is 26.3. The van der Waals surface area contributed by atoms with E-state index in [0.717, 1.165) is 9.21 Å². The van der Waals surface area contributed by atoms with E-state index in [1.165, 1.54) is 36.4 Å². The summed E-state index contributed by atoms with van der Waals surface area (Å²) in [6.45, 7) is 2.96. The molecule has 2 aromatic rings. The molecule has 2 aromatic carbocycles. The van der Waals surface area contributed by atoms with Crippen molar-refractivity contribution in [3.63, 3.8) is 0 Å². The van der Waals surface area contributed by atoms with Gasteiger partial charge in [-0.2, -0.15) is 0 Å². The second-order valence-electron chi connectivity index (χ2n) is 8.18. The molecule has 0 unspecified atom stereocenters. The van der Waals surface area contributed by atoms with Crippen LogP contribution in [0.25, 0.3) is 0 Å². The van der Waals surface area contributed by atoms with Gasteiger partial charge in [-0.05, 0) is 63.1 Å². The van der Waals surface area contributed by atoms with Crippen LogP contribution in [0.2, 0.25) is 5.02 Å². The summed E-state index contributed by atoms with van der Waals surface area (Å²) >= 11 is 6.05. The predicted molar refractivity (Wildman–Crippen MR) is 130 cm³/mol. The van der Waals surface area contributed by atoms with Gasteiger partial charge in [0.1, 0.15) is 12.6 Å². The van der Waals surface area contributed by atoms with E-state index in [4.69, 9.17) is 16.3 Å². The molecule has 1 heterocycles. The quantitative estimate of drug-likeness (QED) is 0.505. The zero-order valence-electron chi connectivity index (χ0n) is 19.2. The third kappa shape index (κ3) is 6.43. The van der Waals surface area contributed by atoms with Gasteiger partial charge in [0.15, 0.2) is 0 Å². The first-order chi connectivity index (χ1) is 16.5. The molecule has 3 rings (SSSR count). The second-order valence-corrected chi connectivity index (χ2v) is 10.5. The van der Waals surface area contributed by atoms with Crippen LogP contribution in [-0.4, -0.2) is 61.6 Å². The Bertz CT molecular complexity index is 1220. The van der Waals surface area contributed by atoms with Gasteiger partial charge in [0.05, 0.1) is 16.7 Å². The van der Waals surface area contributed by atoms with Crippen LogP contribution >= 0.6 is 11.6 Å². The Labute approximate surface area is 208 Å². The number of nitrogens with zero attached hydrogens (tertiary/aromatic N) is 2. The van der Waals surface area contributed by atoms with Gasteiger partial charge in [-0.25, -0.2) is 13.2 Å². The number of carbonyl (C=O) groups is 3. The van der Waals surface area contributed by atoms with Gasteiger partial charge in [0, 0.05) is 17.3 Å². The molecule has 1 atom stereocenters. The molecule has 1 aliphatic heterocycles. The minimum atomic E-state index is -4.29. The third-order valence-corrected chi connectivity index (χ3v) is 7.23. The van der Waals surface area contributed by atoms with E-state index in [-0.39, 0.29) is 27.8 Å². The fraction of sp³-hybridized carbons (Fsp3) is 0.348. The third-order valence-electron chi connectivity index (χ3n) is 5.23. The summed E-state index contributed by atoms with van der Waals surface area (Å²) in [5.41, 5.74) is 0.333. The van der Waals surface area contributed by atoms with E-state index >= 15 is 0 Å². The number of halogens is 1. The molecule has 2 amide bonds. The lowest BCUT2D eigenvalue weighted by Gasteiger charge is -2.25. The Morgan fingerprint density at radius 3 is 2.57 bits per heavy atom. The summed E-state index contributed by atoms with van der Waals surface area (Å²) in [6, 6.07) is 10.7. The number of nitrogens with one attached hydrogen (secondary N) is 1. The summed E-state index contributed by atoms with van der Waals surface area (Å²) in [7, 11) is -4.29.